The van der Waals surface area contributed by atoms with Gasteiger partial charge in [-0.3, -0.25) is 4.79 Å². The van der Waals surface area contributed by atoms with Gasteiger partial charge in [0.15, 0.2) is 11.0 Å². The van der Waals surface area contributed by atoms with E-state index in [-0.39, 0.29) is 11.8 Å². The van der Waals surface area contributed by atoms with Crippen molar-refractivity contribution in [2.45, 2.75) is 43.3 Å². The lowest BCUT2D eigenvalue weighted by Crippen LogP contribution is -2.33. The van der Waals surface area contributed by atoms with Gasteiger partial charge in [0.05, 0.1) is 12.5 Å². The molecule has 2 aromatic rings. The smallest absolute Gasteiger partial charge is 0.228 e. The molecule has 1 aliphatic rings. The molecule has 3 rings (SSSR count). The van der Waals surface area contributed by atoms with Crippen LogP contribution < -0.4 is 5.32 Å². The van der Waals surface area contributed by atoms with Crippen molar-refractivity contribution in [3.8, 4) is 0 Å². The van der Waals surface area contributed by atoms with Crippen molar-refractivity contribution in [1.82, 2.24) is 20.1 Å². The molecule has 1 amide bonds. The minimum absolute atomic E-state index is 0.0676. The molecule has 24 heavy (non-hydrogen) atoms. The highest BCUT2D eigenvalue weighted by molar-refractivity contribution is 7.98. The van der Waals surface area contributed by atoms with Gasteiger partial charge in [0.2, 0.25) is 5.91 Å². The van der Waals surface area contributed by atoms with E-state index in [9.17, 15) is 4.79 Å². The lowest BCUT2D eigenvalue weighted by atomic mass is 9.84. The first kappa shape index (κ1) is 17.0. The second kappa shape index (κ2) is 7.83. The highest BCUT2D eigenvalue weighted by Gasteiger charge is 2.31. The summed E-state index contributed by atoms with van der Waals surface area (Å²) in [5, 5.41) is 12.2. The van der Waals surface area contributed by atoms with Crippen LogP contribution in [-0.4, -0.2) is 26.9 Å². The number of nitrogens with one attached hydrogen (secondary N) is 1. The average molecular weight is 344 g/mol. The van der Waals surface area contributed by atoms with Crippen LogP contribution in [0.4, 0.5) is 0 Å². The van der Waals surface area contributed by atoms with Crippen LogP contribution in [0.3, 0.4) is 0 Å². The first-order valence-electron chi connectivity index (χ1n) is 8.45. The summed E-state index contributed by atoms with van der Waals surface area (Å²) in [6.45, 7) is 0.416. The van der Waals surface area contributed by atoms with E-state index in [1.807, 2.05) is 36.1 Å². The van der Waals surface area contributed by atoms with Crippen LogP contribution in [0.1, 0.15) is 43.0 Å². The van der Waals surface area contributed by atoms with E-state index >= 15 is 0 Å². The predicted octanol–water partition coefficient (Wildman–Crippen LogP) is 3.13. The van der Waals surface area contributed by atoms with Gasteiger partial charge in [-0.05, 0) is 30.6 Å². The molecule has 0 spiro atoms. The molecule has 1 aromatic heterocycles. The van der Waals surface area contributed by atoms with Gasteiger partial charge >= 0.3 is 0 Å². The number of benzene rings is 1. The van der Waals surface area contributed by atoms with Crippen molar-refractivity contribution >= 4 is 17.7 Å². The van der Waals surface area contributed by atoms with Gasteiger partial charge in [0.25, 0.3) is 0 Å². The molecule has 1 N–H and O–H groups in total. The van der Waals surface area contributed by atoms with Crippen LogP contribution in [-0.2, 0) is 18.4 Å². The van der Waals surface area contributed by atoms with Crippen molar-refractivity contribution in [2.24, 2.45) is 13.0 Å². The molecule has 1 saturated carbocycles. The fourth-order valence-corrected chi connectivity index (χ4v) is 4.04. The second-order valence-corrected chi connectivity index (χ2v) is 7.09. The fourth-order valence-electron chi connectivity index (χ4n) is 3.54. The lowest BCUT2D eigenvalue weighted by Gasteiger charge is -2.23. The van der Waals surface area contributed by atoms with Crippen molar-refractivity contribution in [3.05, 3.63) is 41.7 Å². The Morgan fingerprint density at radius 1 is 1.29 bits per heavy atom. The Balaban J connectivity index is 1.72. The van der Waals surface area contributed by atoms with Crippen LogP contribution in [0.5, 0.6) is 0 Å². The summed E-state index contributed by atoms with van der Waals surface area (Å²) in [5.74, 6) is 1.25. The highest BCUT2D eigenvalue weighted by Crippen LogP contribution is 2.37. The summed E-state index contributed by atoms with van der Waals surface area (Å²) in [4.78, 5) is 12.9. The number of nitrogens with zero attached hydrogens (tertiary/aromatic N) is 3. The van der Waals surface area contributed by atoms with Crippen LogP contribution in [0.15, 0.2) is 35.5 Å². The van der Waals surface area contributed by atoms with Gasteiger partial charge in [0, 0.05) is 7.05 Å². The summed E-state index contributed by atoms with van der Waals surface area (Å²) in [7, 11) is 1.93. The molecule has 1 unspecified atom stereocenters. The first-order valence-corrected chi connectivity index (χ1v) is 9.68. The molecular formula is C18H24N4OS. The van der Waals surface area contributed by atoms with E-state index in [0.717, 1.165) is 29.4 Å². The topological polar surface area (TPSA) is 59.8 Å². The molecule has 1 fully saturated rings. The van der Waals surface area contributed by atoms with Crippen molar-refractivity contribution in [2.75, 3.05) is 6.26 Å². The summed E-state index contributed by atoms with van der Waals surface area (Å²) in [6.07, 6.45) is 6.68. The molecule has 0 aliphatic heterocycles. The van der Waals surface area contributed by atoms with Crippen molar-refractivity contribution in [3.63, 3.8) is 0 Å². The highest BCUT2D eigenvalue weighted by atomic mass is 32.2. The molecule has 6 heteroatoms. The van der Waals surface area contributed by atoms with Gasteiger partial charge in [0.1, 0.15) is 0 Å². The summed E-state index contributed by atoms with van der Waals surface area (Å²) in [5.41, 5.74) is 1.12. The number of aromatic nitrogens is 3. The van der Waals surface area contributed by atoms with Crippen LogP contribution >= 0.6 is 11.8 Å². The zero-order valence-corrected chi connectivity index (χ0v) is 15.1. The molecule has 128 valence electrons. The van der Waals surface area contributed by atoms with E-state index < -0.39 is 0 Å². The molecule has 0 bridgehead atoms. The second-order valence-electron chi connectivity index (χ2n) is 6.31. The Bertz CT molecular complexity index is 680. The maximum atomic E-state index is 12.9. The van der Waals surface area contributed by atoms with Crippen molar-refractivity contribution < 1.29 is 4.79 Å². The molecular weight excluding hydrogens is 320 g/mol. The van der Waals surface area contributed by atoms with E-state index in [1.165, 1.54) is 12.8 Å². The van der Waals surface area contributed by atoms with Gasteiger partial charge in [-0.15, -0.1) is 10.2 Å². The fraction of sp³-hybridized carbons (Fsp3) is 0.500. The number of thioether (sulfide) groups is 1. The lowest BCUT2D eigenvalue weighted by molar-refractivity contribution is -0.124. The Hall–Kier alpha value is -1.82. The van der Waals surface area contributed by atoms with Crippen molar-refractivity contribution in [1.29, 1.82) is 0 Å². The zero-order valence-electron chi connectivity index (χ0n) is 14.2. The minimum Gasteiger partial charge on any atom is -0.348 e. The Kier molecular flexibility index (Phi) is 5.56. The third-order valence-electron chi connectivity index (χ3n) is 4.84. The number of hydrogen-bond donors (Lipinski definition) is 1. The maximum Gasteiger partial charge on any atom is 0.228 e. The SMILES string of the molecule is CSc1nnc(CNC(=O)C(c2ccccc2)C2CCCC2)n1C. The minimum atomic E-state index is -0.0676. The molecule has 5 nitrogen and oxygen atoms in total. The third-order valence-corrected chi connectivity index (χ3v) is 5.56. The van der Waals surface area contributed by atoms with E-state index in [4.69, 9.17) is 0 Å². The summed E-state index contributed by atoms with van der Waals surface area (Å²) in [6, 6.07) is 10.2. The first-order chi connectivity index (χ1) is 11.7. The Morgan fingerprint density at radius 2 is 2.00 bits per heavy atom. The van der Waals surface area contributed by atoms with Gasteiger partial charge in [-0.1, -0.05) is 54.9 Å². The zero-order chi connectivity index (χ0) is 16.9. The quantitative estimate of drug-likeness (QED) is 0.818. The molecule has 0 radical (unpaired) electrons. The van der Waals surface area contributed by atoms with Crippen LogP contribution in [0, 0.1) is 5.92 Å². The molecule has 1 aromatic carbocycles. The molecule has 1 aliphatic carbocycles. The summed E-state index contributed by atoms with van der Waals surface area (Å²) >= 11 is 1.55. The van der Waals surface area contributed by atoms with Gasteiger partial charge < -0.3 is 9.88 Å². The predicted molar refractivity (Wildman–Crippen MR) is 95.8 cm³/mol. The Labute approximate surface area is 147 Å². The summed E-state index contributed by atoms with van der Waals surface area (Å²) < 4.78 is 1.93. The largest absolute Gasteiger partial charge is 0.348 e. The van der Waals surface area contributed by atoms with Crippen LogP contribution in [0.25, 0.3) is 0 Å². The molecule has 1 heterocycles. The average Bonchev–Trinajstić information content (AvgIpc) is 3.24. The van der Waals surface area contributed by atoms with E-state index in [0.29, 0.717) is 12.5 Å². The van der Waals surface area contributed by atoms with Crippen LogP contribution in [0.2, 0.25) is 0 Å². The van der Waals surface area contributed by atoms with Gasteiger partial charge in [-0.25, -0.2) is 0 Å². The number of rotatable bonds is 6. The standard InChI is InChI=1S/C18H24N4OS/c1-22-15(20-21-18(22)24-2)12-19-17(23)16(14-10-6-7-11-14)13-8-4-3-5-9-13/h3-5,8-9,14,16H,6-7,10-12H2,1-2H3,(H,19,23). The van der Waals surface area contributed by atoms with E-state index in [1.54, 1.807) is 11.8 Å². The number of amides is 1. The van der Waals surface area contributed by atoms with E-state index in [2.05, 4.69) is 27.6 Å². The molecule has 1 atom stereocenters. The third kappa shape index (κ3) is 3.64. The van der Waals surface area contributed by atoms with Gasteiger partial charge in [-0.2, -0.15) is 0 Å². The Morgan fingerprint density at radius 3 is 2.62 bits per heavy atom. The normalized spacial score (nSPS) is 16.2. The monoisotopic (exact) mass is 344 g/mol. The number of carbonyl (C=O) groups is 1. The molecule has 0 saturated heterocycles. The maximum absolute atomic E-state index is 12.9. The number of hydrogen-bond acceptors (Lipinski definition) is 4. The number of carbonyl (C=O) groups excluding carboxylic acids is 1.